The predicted molar refractivity (Wildman–Crippen MR) is 119 cm³/mol. The third-order valence-electron chi connectivity index (χ3n) is 5.42. The highest BCUT2D eigenvalue weighted by atomic mass is 16.6. The van der Waals surface area contributed by atoms with Crippen LogP contribution in [-0.4, -0.2) is 36.8 Å². The normalized spacial score (nSPS) is 20.0. The van der Waals surface area contributed by atoms with E-state index in [1.165, 1.54) is 31.2 Å². The first-order valence-electron chi connectivity index (χ1n) is 11.1. The van der Waals surface area contributed by atoms with Gasteiger partial charge in [0, 0.05) is 13.6 Å². The Morgan fingerprint density at radius 2 is 1.83 bits per heavy atom. The van der Waals surface area contributed by atoms with E-state index in [4.69, 9.17) is 9.47 Å². The molecule has 0 saturated heterocycles. The maximum absolute atomic E-state index is 12.0. The zero-order chi connectivity index (χ0) is 21.1. The average Bonchev–Trinajstić information content (AvgIpc) is 2.69. The summed E-state index contributed by atoms with van der Waals surface area (Å²) in [4.78, 5) is 13.8. The monoisotopic (exact) mass is 401 g/mol. The number of nitrogens with zero attached hydrogens (tertiary/aromatic N) is 1. The number of carbonyl (C=O) groups excluding carboxylic acids is 1. The van der Waals surface area contributed by atoms with E-state index >= 15 is 0 Å². The van der Waals surface area contributed by atoms with Crippen LogP contribution in [0.3, 0.4) is 0 Å². The molecule has 1 saturated carbocycles. The molecule has 4 nitrogen and oxygen atoms in total. The van der Waals surface area contributed by atoms with Gasteiger partial charge in [0.1, 0.15) is 5.60 Å². The van der Waals surface area contributed by atoms with Gasteiger partial charge in [0.15, 0.2) is 0 Å². The summed E-state index contributed by atoms with van der Waals surface area (Å²) in [6, 6.07) is 10.3. The lowest BCUT2D eigenvalue weighted by molar-refractivity contribution is 0.0286. The maximum atomic E-state index is 12.0. The van der Waals surface area contributed by atoms with Crippen molar-refractivity contribution in [1.29, 1.82) is 0 Å². The number of hydrogen-bond donors (Lipinski definition) is 0. The molecule has 1 aliphatic rings. The second kappa shape index (κ2) is 12.0. The first kappa shape index (κ1) is 23.5. The van der Waals surface area contributed by atoms with E-state index in [0.29, 0.717) is 12.5 Å². The third-order valence-corrected chi connectivity index (χ3v) is 5.42. The second-order valence-corrected chi connectivity index (χ2v) is 9.23. The van der Waals surface area contributed by atoms with Gasteiger partial charge in [0.25, 0.3) is 0 Å². The zero-order valence-corrected chi connectivity index (χ0v) is 18.7. The van der Waals surface area contributed by atoms with Gasteiger partial charge >= 0.3 is 6.09 Å². The molecule has 0 aromatic heterocycles. The topological polar surface area (TPSA) is 38.8 Å². The van der Waals surface area contributed by atoms with Crippen LogP contribution in [0.4, 0.5) is 4.79 Å². The molecule has 1 amide bonds. The largest absolute Gasteiger partial charge is 0.444 e. The number of hydrogen-bond acceptors (Lipinski definition) is 3. The minimum absolute atomic E-state index is 0.219. The molecule has 0 bridgehead atoms. The van der Waals surface area contributed by atoms with Crippen LogP contribution in [-0.2, 0) is 16.1 Å². The van der Waals surface area contributed by atoms with Crippen molar-refractivity contribution < 1.29 is 14.3 Å². The van der Waals surface area contributed by atoms with Crippen LogP contribution in [0.1, 0.15) is 64.9 Å². The molecule has 0 heterocycles. The predicted octanol–water partition coefficient (Wildman–Crippen LogP) is 6.21. The van der Waals surface area contributed by atoms with Crippen molar-refractivity contribution in [3.05, 3.63) is 48.0 Å². The summed E-state index contributed by atoms with van der Waals surface area (Å²) >= 11 is 0. The van der Waals surface area contributed by atoms with Crippen molar-refractivity contribution in [1.82, 2.24) is 4.90 Å². The highest BCUT2D eigenvalue weighted by molar-refractivity contribution is 5.67. The van der Waals surface area contributed by atoms with Gasteiger partial charge in [-0.3, -0.25) is 0 Å². The molecule has 162 valence electrons. The van der Waals surface area contributed by atoms with Crippen LogP contribution >= 0.6 is 0 Å². The Hall–Kier alpha value is -1.81. The molecule has 1 aliphatic carbocycles. The summed E-state index contributed by atoms with van der Waals surface area (Å²) in [6.45, 7) is 7.96. The van der Waals surface area contributed by atoms with Crippen molar-refractivity contribution in [3.63, 3.8) is 0 Å². The summed E-state index contributed by atoms with van der Waals surface area (Å²) in [6.07, 6.45) is 11.5. The van der Waals surface area contributed by atoms with E-state index in [9.17, 15) is 4.79 Å². The van der Waals surface area contributed by atoms with Crippen molar-refractivity contribution in [3.8, 4) is 0 Å². The lowest BCUT2D eigenvalue weighted by Crippen LogP contribution is -2.35. The number of allylic oxidation sites excluding steroid dienone is 1. The molecule has 2 rings (SSSR count). The summed E-state index contributed by atoms with van der Waals surface area (Å²) < 4.78 is 11.2. The average molecular weight is 402 g/mol. The van der Waals surface area contributed by atoms with Gasteiger partial charge < -0.3 is 14.4 Å². The van der Waals surface area contributed by atoms with Crippen LogP contribution in [0.5, 0.6) is 0 Å². The highest BCUT2D eigenvalue weighted by Crippen LogP contribution is 2.31. The number of ether oxygens (including phenoxy) is 2. The Bertz CT molecular complexity index is 613. The smallest absolute Gasteiger partial charge is 0.410 e. The Morgan fingerprint density at radius 3 is 2.48 bits per heavy atom. The van der Waals surface area contributed by atoms with Gasteiger partial charge in [-0.2, -0.15) is 0 Å². The van der Waals surface area contributed by atoms with Gasteiger partial charge in [-0.25, -0.2) is 4.79 Å². The molecule has 0 spiro atoms. The van der Waals surface area contributed by atoms with Crippen molar-refractivity contribution in [2.75, 3.05) is 20.2 Å². The maximum Gasteiger partial charge on any atom is 0.410 e. The number of amides is 1. The van der Waals surface area contributed by atoms with Crippen LogP contribution in [0.15, 0.2) is 42.5 Å². The molecule has 1 aromatic rings. The fourth-order valence-electron chi connectivity index (χ4n) is 3.68. The second-order valence-electron chi connectivity index (χ2n) is 9.23. The lowest BCUT2D eigenvalue weighted by atomic mass is 9.80. The summed E-state index contributed by atoms with van der Waals surface area (Å²) in [5, 5.41) is 0. The molecular formula is C25H39NO3. The number of benzene rings is 1. The van der Waals surface area contributed by atoms with Crippen LogP contribution in [0.2, 0.25) is 0 Å². The summed E-state index contributed by atoms with van der Waals surface area (Å²) in [5.74, 6) is 1.42. The van der Waals surface area contributed by atoms with Gasteiger partial charge in [0.2, 0.25) is 0 Å². The van der Waals surface area contributed by atoms with E-state index in [0.717, 1.165) is 31.9 Å². The minimum Gasteiger partial charge on any atom is -0.444 e. The molecule has 4 heteroatoms. The lowest BCUT2D eigenvalue weighted by Gasteiger charge is -2.29. The van der Waals surface area contributed by atoms with Crippen molar-refractivity contribution >= 4 is 6.09 Å². The zero-order valence-electron chi connectivity index (χ0n) is 18.7. The van der Waals surface area contributed by atoms with E-state index in [-0.39, 0.29) is 6.09 Å². The van der Waals surface area contributed by atoms with Gasteiger partial charge in [-0.15, -0.1) is 0 Å². The van der Waals surface area contributed by atoms with Crippen LogP contribution in [0.25, 0.3) is 0 Å². The van der Waals surface area contributed by atoms with Gasteiger partial charge in [-0.05, 0) is 76.7 Å². The Kier molecular flexibility index (Phi) is 9.72. The van der Waals surface area contributed by atoms with Crippen molar-refractivity contribution in [2.45, 2.75) is 71.5 Å². The SMILES string of the molecule is CN(CCC1CCC(/C=C\CCOCc2ccccc2)CC1)C(=O)OC(C)(C)C. The summed E-state index contributed by atoms with van der Waals surface area (Å²) in [5.41, 5.74) is 0.801. The standard InChI is InChI=1S/C25H39NO3/c1-25(2,3)29-24(27)26(4)18-17-22-15-13-21(14-16-22)10-8-9-19-28-20-23-11-6-5-7-12-23/h5-8,10-12,21-22H,9,13-20H2,1-4H3/b10-8-. The first-order chi connectivity index (χ1) is 13.8. The molecule has 0 atom stereocenters. The molecular weight excluding hydrogens is 362 g/mol. The Morgan fingerprint density at radius 1 is 1.14 bits per heavy atom. The minimum atomic E-state index is -0.428. The molecule has 0 radical (unpaired) electrons. The molecule has 1 aromatic carbocycles. The van der Waals surface area contributed by atoms with E-state index in [2.05, 4.69) is 24.3 Å². The number of carbonyl (C=O) groups is 1. The van der Waals surface area contributed by atoms with Gasteiger partial charge in [-0.1, -0.05) is 42.5 Å². The number of rotatable bonds is 9. The first-order valence-corrected chi connectivity index (χ1v) is 11.1. The Labute approximate surface area is 177 Å². The molecule has 1 fully saturated rings. The molecule has 29 heavy (non-hydrogen) atoms. The molecule has 0 unspecified atom stereocenters. The quantitative estimate of drug-likeness (QED) is 0.364. The van der Waals surface area contributed by atoms with Crippen LogP contribution < -0.4 is 0 Å². The van der Waals surface area contributed by atoms with Gasteiger partial charge in [0.05, 0.1) is 13.2 Å². The highest BCUT2D eigenvalue weighted by Gasteiger charge is 2.22. The fourth-order valence-corrected chi connectivity index (χ4v) is 3.68. The van der Waals surface area contributed by atoms with Crippen LogP contribution in [0, 0.1) is 11.8 Å². The van der Waals surface area contributed by atoms with Crippen molar-refractivity contribution in [2.24, 2.45) is 11.8 Å². The third kappa shape index (κ3) is 9.98. The van der Waals surface area contributed by atoms with E-state index in [1.807, 2.05) is 46.0 Å². The van der Waals surface area contributed by atoms with E-state index in [1.54, 1.807) is 4.90 Å². The molecule has 0 aliphatic heterocycles. The molecule has 0 N–H and O–H groups in total. The fraction of sp³-hybridized carbons (Fsp3) is 0.640. The van der Waals surface area contributed by atoms with E-state index < -0.39 is 5.60 Å². The summed E-state index contributed by atoms with van der Waals surface area (Å²) in [7, 11) is 1.84. The Balaban J connectivity index is 1.54.